The average molecular weight is 473 g/mol. The number of aliphatic hydroxyl groups is 1. The summed E-state index contributed by atoms with van der Waals surface area (Å²) in [6.07, 6.45) is 6.77. The molecule has 4 rings (SSSR count). The van der Waals surface area contributed by atoms with Crippen LogP contribution in [0.4, 0.5) is 0 Å². The highest BCUT2D eigenvalue weighted by molar-refractivity contribution is 6.01. The molecule has 0 aromatic carbocycles. The van der Waals surface area contributed by atoms with Crippen LogP contribution in [-0.2, 0) is 28.7 Å². The molecule has 7 heteroatoms. The summed E-state index contributed by atoms with van der Waals surface area (Å²) in [6, 6.07) is 0. The minimum atomic E-state index is -1.44. The van der Waals surface area contributed by atoms with Crippen LogP contribution in [0.1, 0.15) is 66.7 Å². The molecule has 0 aromatic heterocycles. The molecular formula is C27H36O7. The van der Waals surface area contributed by atoms with Crippen molar-refractivity contribution in [2.24, 2.45) is 34.5 Å². The van der Waals surface area contributed by atoms with E-state index in [1.807, 2.05) is 13.0 Å². The van der Waals surface area contributed by atoms with E-state index >= 15 is 0 Å². The maximum Gasteiger partial charge on any atom is 0.306 e. The van der Waals surface area contributed by atoms with Gasteiger partial charge < -0.3 is 14.6 Å². The van der Waals surface area contributed by atoms with Crippen molar-refractivity contribution in [2.45, 2.75) is 78.4 Å². The predicted octanol–water partition coefficient (Wildman–Crippen LogP) is 3.34. The molecule has 7 nitrogen and oxygen atoms in total. The molecule has 0 amide bonds. The number of carbonyl (C=O) groups is 4. The van der Waals surface area contributed by atoms with Crippen molar-refractivity contribution in [1.29, 1.82) is 0 Å². The fraction of sp³-hybridized carbons (Fsp3) is 0.704. The van der Waals surface area contributed by atoms with Gasteiger partial charge in [-0.1, -0.05) is 39.3 Å². The Balaban J connectivity index is 1.76. The molecule has 0 spiro atoms. The van der Waals surface area contributed by atoms with Crippen molar-refractivity contribution in [3.63, 3.8) is 0 Å². The van der Waals surface area contributed by atoms with Gasteiger partial charge in [-0.25, -0.2) is 0 Å². The van der Waals surface area contributed by atoms with Crippen molar-refractivity contribution in [2.75, 3.05) is 6.61 Å². The number of hydrogen-bond acceptors (Lipinski definition) is 7. The van der Waals surface area contributed by atoms with Crippen molar-refractivity contribution < 1.29 is 33.8 Å². The lowest BCUT2D eigenvalue weighted by Gasteiger charge is -2.61. The smallest absolute Gasteiger partial charge is 0.306 e. The normalized spacial score (nSPS) is 42.7. The van der Waals surface area contributed by atoms with Crippen LogP contribution in [0, 0.1) is 34.5 Å². The van der Waals surface area contributed by atoms with Gasteiger partial charge in [-0.15, -0.1) is 0 Å². The van der Waals surface area contributed by atoms with E-state index in [1.165, 1.54) is 6.92 Å². The van der Waals surface area contributed by atoms with E-state index in [-0.39, 0.29) is 35.9 Å². The Morgan fingerprint density at radius 3 is 2.59 bits per heavy atom. The Morgan fingerprint density at radius 1 is 1.24 bits per heavy atom. The molecule has 0 aliphatic heterocycles. The number of allylic oxidation sites excluding steroid dienone is 4. The first kappa shape index (κ1) is 24.8. The van der Waals surface area contributed by atoms with Gasteiger partial charge >= 0.3 is 11.9 Å². The predicted molar refractivity (Wildman–Crippen MR) is 123 cm³/mol. The lowest BCUT2D eigenvalue weighted by Crippen LogP contribution is -2.63. The Bertz CT molecular complexity index is 979. The average Bonchev–Trinajstić information content (AvgIpc) is 3.05. The third-order valence-electron chi connectivity index (χ3n) is 9.37. The van der Waals surface area contributed by atoms with Crippen LogP contribution >= 0.6 is 0 Å². The molecule has 8 atom stereocenters. The van der Waals surface area contributed by atoms with Gasteiger partial charge in [0, 0.05) is 30.1 Å². The number of rotatable bonds is 5. The largest absolute Gasteiger partial charge is 0.458 e. The first-order valence-corrected chi connectivity index (χ1v) is 12.4. The molecule has 1 N–H and O–H groups in total. The molecule has 4 aliphatic rings. The number of Topliss-reactive ketones (excluding diaryl/α,β-unsaturated/α-hetero) is 1. The Kier molecular flexibility index (Phi) is 6.16. The van der Waals surface area contributed by atoms with Crippen LogP contribution in [0.25, 0.3) is 0 Å². The highest BCUT2D eigenvalue weighted by atomic mass is 16.6. The monoisotopic (exact) mass is 472 g/mol. The summed E-state index contributed by atoms with van der Waals surface area (Å²) in [5.74, 6) is -1.29. The van der Waals surface area contributed by atoms with Crippen molar-refractivity contribution in [3.8, 4) is 0 Å². The molecule has 0 heterocycles. The molecule has 1 unspecified atom stereocenters. The number of aliphatic hydroxyl groups excluding tert-OH is 1. The third-order valence-corrected chi connectivity index (χ3v) is 9.37. The number of ketones is 2. The highest BCUT2D eigenvalue weighted by Crippen LogP contribution is 2.68. The lowest BCUT2D eigenvalue weighted by atomic mass is 9.44. The van der Waals surface area contributed by atoms with Crippen molar-refractivity contribution in [3.05, 3.63) is 23.8 Å². The zero-order valence-corrected chi connectivity index (χ0v) is 20.8. The second-order valence-corrected chi connectivity index (χ2v) is 11.1. The molecule has 34 heavy (non-hydrogen) atoms. The second kappa shape index (κ2) is 8.43. The minimum absolute atomic E-state index is 0.0182. The molecule has 3 fully saturated rings. The quantitative estimate of drug-likeness (QED) is 0.612. The summed E-state index contributed by atoms with van der Waals surface area (Å²) in [4.78, 5) is 49.6. The standard InChI is InChI=1S/C27H36O7/c1-6-23(32)34-27(22(31)14-33-16(3)28)10-8-19-18-11-15(2)20-12-17(29)7-9-25(20,4)24(18)21(30)13-26(19,27)5/h7,9,12,15,18-19,21,24,30H,6,8,10-11,13-14H2,1-5H3/t15-,18-,19?,21-,24+,25-,26-,27-/m0/s1. The summed E-state index contributed by atoms with van der Waals surface area (Å²) in [5.41, 5.74) is -1.60. The summed E-state index contributed by atoms with van der Waals surface area (Å²) < 4.78 is 11.0. The molecule has 0 bridgehead atoms. The van der Waals surface area contributed by atoms with Gasteiger partial charge in [-0.2, -0.15) is 0 Å². The SMILES string of the molecule is CCC(=O)O[C@]1(C(=O)COC(C)=O)CCC2[C@@H]3C[C@H](C)C4=CC(=O)C=C[C@]4(C)[C@H]3[C@@H](O)C[C@@]21C. The number of esters is 2. The Hall–Kier alpha value is -2.28. The van der Waals surface area contributed by atoms with E-state index in [1.54, 1.807) is 19.1 Å². The third kappa shape index (κ3) is 3.50. The number of ether oxygens (including phenoxy) is 2. The van der Waals surface area contributed by atoms with Crippen LogP contribution in [0.15, 0.2) is 23.8 Å². The van der Waals surface area contributed by atoms with Crippen LogP contribution in [0.5, 0.6) is 0 Å². The first-order chi connectivity index (χ1) is 15.9. The van der Waals surface area contributed by atoms with E-state index in [9.17, 15) is 24.3 Å². The fourth-order valence-electron chi connectivity index (χ4n) is 7.97. The van der Waals surface area contributed by atoms with E-state index < -0.39 is 46.9 Å². The lowest BCUT2D eigenvalue weighted by molar-refractivity contribution is -0.201. The summed E-state index contributed by atoms with van der Waals surface area (Å²) in [7, 11) is 0. The number of hydrogen-bond donors (Lipinski definition) is 1. The number of carbonyl (C=O) groups excluding carboxylic acids is 4. The van der Waals surface area contributed by atoms with Gasteiger partial charge in [0.15, 0.2) is 18.0 Å². The Labute approximate surface area is 200 Å². The van der Waals surface area contributed by atoms with E-state index in [0.717, 1.165) is 12.0 Å². The maximum absolute atomic E-state index is 13.5. The minimum Gasteiger partial charge on any atom is -0.458 e. The zero-order chi connectivity index (χ0) is 25.1. The summed E-state index contributed by atoms with van der Waals surface area (Å²) in [5, 5.41) is 11.6. The molecular weight excluding hydrogens is 436 g/mol. The van der Waals surface area contributed by atoms with E-state index in [2.05, 4.69) is 13.8 Å². The van der Waals surface area contributed by atoms with Crippen molar-refractivity contribution >= 4 is 23.5 Å². The van der Waals surface area contributed by atoms with Gasteiger partial charge in [0.05, 0.1) is 6.10 Å². The van der Waals surface area contributed by atoms with Crippen LogP contribution in [0.3, 0.4) is 0 Å². The fourth-order valence-corrected chi connectivity index (χ4v) is 7.97. The Morgan fingerprint density at radius 2 is 1.94 bits per heavy atom. The first-order valence-electron chi connectivity index (χ1n) is 12.4. The van der Waals surface area contributed by atoms with Gasteiger partial charge in [-0.05, 0) is 55.6 Å². The van der Waals surface area contributed by atoms with Crippen LogP contribution in [-0.4, -0.2) is 46.9 Å². The van der Waals surface area contributed by atoms with Gasteiger partial charge in [-0.3, -0.25) is 19.2 Å². The molecule has 0 radical (unpaired) electrons. The molecule has 0 saturated heterocycles. The van der Waals surface area contributed by atoms with E-state index in [4.69, 9.17) is 9.47 Å². The molecule has 0 aromatic rings. The van der Waals surface area contributed by atoms with Crippen LogP contribution in [0.2, 0.25) is 0 Å². The van der Waals surface area contributed by atoms with Crippen molar-refractivity contribution in [1.82, 2.24) is 0 Å². The molecule has 186 valence electrons. The van der Waals surface area contributed by atoms with E-state index in [0.29, 0.717) is 19.3 Å². The summed E-state index contributed by atoms with van der Waals surface area (Å²) >= 11 is 0. The molecule has 3 saturated carbocycles. The van der Waals surface area contributed by atoms with Gasteiger partial charge in [0.1, 0.15) is 0 Å². The summed E-state index contributed by atoms with van der Waals surface area (Å²) in [6.45, 7) is 8.65. The molecule has 4 aliphatic carbocycles. The van der Waals surface area contributed by atoms with Crippen LogP contribution < -0.4 is 0 Å². The highest BCUT2D eigenvalue weighted by Gasteiger charge is 2.70. The van der Waals surface area contributed by atoms with Gasteiger partial charge in [0.2, 0.25) is 5.78 Å². The number of fused-ring (bicyclic) bond motifs is 5. The maximum atomic E-state index is 13.5. The second-order valence-electron chi connectivity index (χ2n) is 11.1. The zero-order valence-electron chi connectivity index (χ0n) is 20.8. The topological polar surface area (TPSA) is 107 Å². The van der Waals surface area contributed by atoms with Gasteiger partial charge in [0.25, 0.3) is 0 Å².